The number of anilines is 1. The van der Waals surface area contributed by atoms with E-state index in [0.29, 0.717) is 10.8 Å². The van der Waals surface area contributed by atoms with Crippen molar-refractivity contribution in [1.29, 1.82) is 0 Å². The lowest BCUT2D eigenvalue weighted by atomic mass is 9.95. The Morgan fingerprint density at radius 3 is 2.41 bits per heavy atom. The second-order valence-electron chi connectivity index (χ2n) is 6.48. The van der Waals surface area contributed by atoms with Gasteiger partial charge in [-0.25, -0.2) is 22.9 Å². The standard InChI is InChI=1S/C12H17FN3O13P3/c1-2-12(19)8(16-4-7(13)10(14)15-11(16)18)3-6(9(12)17)5-27-31(23,24)29-32(25,26)28-30(20,21)22/h1,4,6,8-9,17,19H,3,5H2,(H,23,24)(H,25,26)(H2,14,15,18)(H2,20,21,22)/t6-,8-,9?,12?/m1/s1. The molecule has 0 spiro atoms. The zero-order valence-corrected chi connectivity index (χ0v) is 18.2. The molecule has 0 amide bonds. The molecule has 0 aliphatic heterocycles. The molecule has 2 rings (SSSR count). The minimum Gasteiger partial charge on any atom is -0.389 e. The molecule has 20 heteroatoms. The highest BCUT2D eigenvalue weighted by molar-refractivity contribution is 7.66. The van der Waals surface area contributed by atoms with Crippen LogP contribution in [0.1, 0.15) is 12.5 Å². The third-order valence-electron chi connectivity index (χ3n) is 4.30. The van der Waals surface area contributed by atoms with Crippen molar-refractivity contribution in [2.45, 2.75) is 24.2 Å². The van der Waals surface area contributed by atoms with E-state index < -0.39 is 77.5 Å². The van der Waals surface area contributed by atoms with E-state index in [2.05, 4.69) is 18.1 Å². The largest absolute Gasteiger partial charge is 0.490 e. The van der Waals surface area contributed by atoms with Crippen LogP contribution in [0.15, 0.2) is 11.0 Å². The molecule has 32 heavy (non-hydrogen) atoms. The van der Waals surface area contributed by atoms with Crippen LogP contribution >= 0.6 is 23.5 Å². The normalized spacial score (nSPS) is 29.8. The van der Waals surface area contributed by atoms with Gasteiger partial charge in [0, 0.05) is 12.1 Å². The molecule has 1 heterocycles. The number of hydrogen-bond donors (Lipinski definition) is 7. The molecule has 1 aliphatic rings. The van der Waals surface area contributed by atoms with Crippen molar-refractivity contribution in [2.24, 2.45) is 5.92 Å². The van der Waals surface area contributed by atoms with E-state index in [-0.39, 0.29) is 0 Å². The van der Waals surface area contributed by atoms with Gasteiger partial charge in [-0.15, -0.1) is 6.42 Å². The predicted octanol–water partition coefficient (Wildman–Crippen LogP) is -1.41. The summed E-state index contributed by atoms with van der Waals surface area (Å²) >= 11 is 0. The van der Waals surface area contributed by atoms with E-state index in [0.717, 1.165) is 0 Å². The van der Waals surface area contributed by atoms with Gasteiger partial charge in [0.05, 0.1) is 12.6 Å². The van der Waals surface area contributed by atoms with Crippen molar-refractivity contribution in [3.63, 3.8) is 0 Å². The minimum atomic E-state index is -5.77. The van der Waals surface area contributed by atoms with Crippen LogP contribution in [0.25, 0.3) is 0 Å². The lowest BCUT2D eigenvalue weighted by molar-refractivity contribution is -0.0510. The molecule has 6 atom stereocenters. The fourth-order valence-electron chi connectivity index (χ4n) is 2.99. The number of hydrogen-bond acceptors (Lipinski definition) is 11. The fourth-order valence-corrected chi connectivity index (χ4v) is 6.07. The van der Waals surface area contributed by atoms with Gasteiger partial charge in [-0.3, -0.25) is 9.09 Å². The number of terminal acetylenes is 1. The van der Waals surface area contributed by atoms with Crippen LogP contribution in [0.2, 0.25) is 0 Å². The highest BCUT2D eigenvalue weighted by atomic mass is 31.3. The summed E-state index contributed by atoms with van der Waals surface area (Å²) in [4.78, 5) is 50.9. The summed E-state index contributed by atoms with van der Waals surface area (Å²) in [6, 6.07) is -1.51. The molecule has 8 N–H and O–H groups in total. The highest BCUT2D eigenvalue weighted by Crippen LogP contribution is 2.66. The van der Waals surface area contributed by atoms with Gasteiger partial charge in [0.1, 0.15) is 6.10 Å². The molecule has 0 bridgehead atoms. The number of halogens is 1. The third kappa shape index (κ3) is 6.09. The number of phosphoric acid groups is 3. The number of aliphatic hydroxyl groups excluding tert-OH is 1. The molecule has 1 aromatic heterocycles. The average molecular weight is 523 g/mol. The van der Waals surface area contributed by atoms with Gasteiger partial charge in [0.25, 0.3) is 0 Å². The predicted molar refractivity (Wildman–Crippen MR) is 99.6 cm³/mol. The van der Waals surface area contributed by atoms with Crippen molar-refractivity contribution in [3.05, 3.63) is 22.5 Å². The Kier molecular flexibility index (Phi) is 7.55. The third-order valence-corrected chi connectivity index (χ3v) is 8.10. The topological polar surface area (TPSA) is 261 Å². The fraction of sp³-hybridized carbons (Fsp3) is 0.500. The first-order chi connectivity index (χ1) is 14.4. The molecular weight excluding hydrogens is 506 g/mol. The maximum absolute atomic E-state index is 13.8. The van der Waals surface area contributed by atoms with Crippen LogP contribution in [0, 0.1) is 24.1 Å². The lowest BCUT2D eigenvalue weighted by Crippen LogP contribution is -2.47. The molecule has 0 saturated heterocycles. The zero-order valence-electron chi connectivity index (χ0n) is 15.5. The van der Waals surface area contributed by atoms with E-state index in [1.165, 1.54) is 0 Å². The molecule has 16 nitrogen and oxygen atoms in total. The summed E-state index contributed by atoms with van der Waals surface area (Å²) in [6.07, 6.45) is 3.44. The molecule has 180 valence electrons. The van der Waals surface area contributed by atoms with Gasteiger partial charge in [-0.2, -0.15) is 13.6 Å². The number of aromatic nitrogens is 2. The summed E-state index contributed by atoms with van der Waals surface area (Å²) < 4.78 is 59.6. The number of nitrogens with two attached hydrogens (primary N) is 1. The molecule has 1 aliphatic carbocycles. The minimum absolute atomic E-state index is 0.456. The van der Waals surface area contributed by atoms with E-state index in [4.69, 9.17) is 26.8 Å². The van der Waals surface area contributed by atoms with Crippen molar-refractivity contribution in [1.82, 2.24) is 9.55 Å². The van der Waals surface area contributed by atoms with Crippen molar-refractivity contribution in [3.8, 4) is 12.3 Å². The summed E-state index contributed by atoms with van der Waals surface area (Å²) in [5.74, 6) is -1.37. The molecule has 4 unspecified atom stereocenters. The number of aliphatic hydroxyl groups is 2. The van der Waals surface area contributed by atoms with Crippen LogP contribution in [0.5, 0.6) is 0 Å². The van der Waals surface area contributed by atoms with Crippen LogP contribution in [0.3, 0.4) is 0 Å². The van der Waals surface area contributed by atoms with Gasteiger partial charge < -0.3 is 35.5 Å². The van der Waals surface area contributed by atoms with E-state index in [9.17, 15) is 38.0 Å². The first-order valence-electron chi connectivity index (χ1n) is 8.11. The highest BCUT2D eigenvalue weighted by Gasteiger charge is 2.55. The Balaban J connectivity index is 2.22. The van der Waals surface area contributed by atoms with Crippen molar-refractivity contribution >= 4 is 29.3 Å². The van der Waals surface area contributed by atoms with Crippen molar-refractivity contribution < 1.29 is 61.0 Å². The first kappa shape index (κ1) is 26.7. The van der Waals surface area contributed by atoms with E-state index in [1.807, 2.05) is 5.92 Å². The van der Waals surface area contributed by atoms with Crippen LogP contribution in [0.4, 0.5) is 10.2 Å². The number of nitrogens with zero attached hydrogens (tertiary/aromatic N) is 2. The number of rotatable bonds is 8. The Morgan fingerprint density at radius 2 is 1.88 bits per heavy atom. The van der Waals surface area contributed by atoms with Gasteiger partial charge in [-0.1, -0.05) is 5.92 Å². The molecule has 1 aromatic rings. The number of phosphoric ester groups is 1. The zero-order chi connectivity index (χ0) is 24.7. The molecule has 0 radical (unpaired) electrons. The van der Waals surface area contributed by atoms with Gasteiger partial charge >= 0.3 is 29.2 Å². The SMILES string of the molecule is C#CC1(O)C(O)[C@@H](COP(=O)(O)OP(=O)(O)OP(=O)(O)O)C[C@H]1n1cc(F)c(N)nc1=O. The maximum Gasteiger partial charge on any atom is 0.490 e. The van der Waals surface area contributed by atoms with Gasteiger partial charge in [-0.05, 0) is 6.42 Å². The second kappa shape index (κ2) is 9.03. The quantitative estimate of drug-likeness (QED) is 0.153. The van der Waals surface area contributed by atoms with Crippen molar-refractivity contribution in [2.75, 3.05) is 12.3 Å². The Labute approximate surface area is 177 Å². The summed E-state index contributed by atoms with van der Waals surface area (Å²) in [5, 5.41) is 21.0. The van der Waals surface area contributed by atoms with Gasteiger partial charge in [0.2, 0.25) is 0 Å². The van der Waals surface area contributed by atoms with Crippen LogP contribution < -0.4 is 11.4 Å². The van der Waals surface area contributed by atoms with Crippen LogP contribution in [-0.4, -0.2) is 57.6 Å². The Bertz CT molecular complexity index is 1130. The van der Waals surface area contributed by atoms with E-state index in [1.54, 1.807) is 0 Å². The summed E-state index contributed by atoms with van der Waals surface area (Å²) in [6.45, 7) is -0.995. The molecular formula is C12H17FN3O13P3. The average Bonchev–Trinajstić information content (AvgIpc) is 2.85. The smallest absolute Gasteiger partial charge is 0.389 e. The number of nitrogen functional groups attached to an aromatic ring is 1. The Morgan fingerprint density at radius 1 is 1.28 bits per heavy atom. The maximum atomic E-state index is 13.8. The van der Waals surface area contributed by atoms with Crippen LogP contribution in [-0.2, 0) is 26.8 Å². The lowest BCUT2D eigenvalue weighted by Gasteiger charge is -2.29. The molecule has 1 fully saturated rings. The molecule has 0 aromatic carbocycles. The van der Waals surface area contributed by atoms with E-state index >= 15 is 0 Å². The van der Waals surface area contributed by atoms with Gasteiger partial charge in [0.15, 0.2) is 17.2 Å². The summed E-state index contributed by atoms with van der Waals surface area (Å²) in [7, 11) is -16.9. The molecule has 1 saturated carbocycles. The second-order valence-corrected chi connectivity index (χ2v) is 10.9. The Hall–Kier alpha value is -1.50. The summed E-state index contributed by atoms with van der Waals surface area (Å²) in [5.41, 5.74) is 1.53. The first-order valence-corrected chi connectivity index (χ1v) is 12.6. The monoisotopic (exact) mass is 523 g/mol.